The number of ether oxygens (including phenoxy) is 1. The van der Waals surface area contributed by atoms with Crippen LogP contribution in [0.4, 0.5) is 5.69 Å². The van der Waals surface area contributed by atoms with Gasteiger partial charge >= 0.3 is 0 Å². The maximum atomic E-state index is 5.30. The first-order chi connectivity index (χ1) is 9.60. The fraction of sp³-hybridized carbons (Fsp3) is 0.647. The number of nitrogens with one attached hydrogen (secondary N) is 1. The predicted octanol–water partition coefficient (Wildman–Crippen LogP) is 3.22. The van der Waals surface area contributed by atoms with E-state index < -0.39 is 0 Å². The van der Waals surface area contributed by atoms with Crippen molar-refractivity contribution in [1.82, 2.24) is 5.32 Å². The van der Waals surface area contributed by atoms with E-state index in [1.807, 2.05) is 0 Å². The Labute approximate surface area is 123 Å². The Morgan fingerprint density at radius 3 is 2.85 bits per heavy atom. The van der Waals surface area contributed by atoms with Crippen LogP contribution < -0.4 is 15.0 Å². The van der Waals surface area contributed by atoms with Crippen molar-refractivity contribution in [1.29, 1.82) is 0 Å². The quantitative estimate of drug-likeness (QED) is 0.914. The van der Waals surface area contributed by atoms with E-state index in [0.717, 1.165) is 31.3 Å². The SMILES string of the molecule is COc1ccc(N2CCCNC(CC(C)C)C2)c(C)c1. The summed E-state index contributed by atoms with van der Waals surface area (Å²) in [7, 11) is 1.73. The summed E-state index contributed by atoms with van der Waals surface area (Å²) in [6, 6.07) is 6.99. The lowest BCUT2D eigenvalue weighted by atomic mass is 10.0. The van der Waals surface area contributed by atoms with Crippen LogP contribution in [0.15, 0.2) is 18.2 Å². The summed E-state index contributed by atoms with van der Waals surface area (Å²) in [4.78, 5) is 2.53. The van der Waals surface area contributed by atoms with E-state index in [0.29, 0.717) is 6.04 Å². The topological polar surface area (TPSA) is 24.5 Å². The zero-order valence-corrected chi connectivity index (χ0v) is 13.3. The van der Waals surface area contributed by atoms with Crippen LogP contribution in [-0.2, 0) is 0 Å². The Morgan fingerprint density at radius 1 is 1.40 bits per heavy atom. The highest BCUT2D eigenvalue weighted by atomic mass is 16.5. The highest BCUT2D eigenvalue weighted by Gasteiger charge is 2.19. The molecule has 0 spiro atoms. The number of hydrogen-bond donors (Lipinski definition) is 1. The van der Waals surface area contributed by atoms with E-state index in [1.165, 1.54) is 24.1 Å². The van der Waals surface area contributed by atoms with Gasteiger partial charge in [-0.3, -0.25) is 0 Å². The summed E-state index contributed by atoms with van der Waals surface area (Å²) in [6.45, 7) is 10.1. The Morgan fingerprint density at radius 2 is 2.20 bits per heavy atom. The molecule has 0 radical (unpaired) electrons. The molecule has 1 heterocycles. The van der Waals surface area contributed by atoms with Crippen molar-refractivity contribution >= 4 is 5.69 Å². The number of nitrogens with zero attached hydrogens (tertiary/aromatic N) is 1. The second-order valence-electron chi connectivity index (χ2n) is 6.23. The third-order valence-corrected chi connectivity index (χ3v) is 3.98. The molecule has 1 aliphatic heterocycles. The molecule has 0 aromatic heterocycles. The maximum Gasteiger partial charge on any atom is 0.119 e. The summed E-state index contributed by atoms with van der Waals surface area (Å²) in [5.41, 5.74) is 2.65. The Hall–Kier alpha value is -1.22. The molecule has 3 heteroatoms. The number of rotatable bonds is 4. The number of aryl methyl sites for hydroxylation is 1. The van der Waals surface area contributed by atoms with E-state index in [4.69, 9.17) is 4.74 Å². The number of methoxy groups -OCH3 is 1. The van der Waals surface area contributed by atoms with Crippen molar-refractivity contribution < 1.29 is 4.74 Å². The molecule has 1 atom stereocenters. The minimum absolute atomic E-state index is 0.596. The highest BCUT2D eigenvalue weighted by Crippen LogP contribution is 2.26. The fourth-order valence-corrected chi connectivity index (χ4v) is 3.05. The molecule has 1 aromatic rings. The van der Waals surface area contributed by atoms with E-state index in [2.05, 4.69) is 49.2 Å². The molecular formula is C17H28N2O. The molecule has 1 saturated heterocycles. The third kappa shape index (κ3) is 3.89. The van der Waals surface area contributed by atoms with Gasteiger partial charge in [0.15, 0.2) is 0 Å². The summed E-state index contributed by atoms with van der Waals surface area (Å²) < 4.78 is 5.30. The first kappa shape index (κ1) is 15.2. The van der Waals surface area contributed by atoms with Gasteiger partial charge in [-0.1, -0.05) is 13.8 Å². The molecule has 3 nitrogen and oxygen atoms in total. The molecule has 0 bridgehead atoms. The Balaban J connectivity index is 2.13. The molecule has 1 fully saturated rings. The van der Waals surface area contributed by atoms with Gasteiger partial charge < -0.3 is 15.0 Å². The summed E-state index contributed by atoms with van der Waals surface area (Å²) in [5, 5.41) is 3.69. The van der Waals surface area contributed by atoms with Crippen LogP contribution >= 0.6 is 0 Å². The third-order valence-electron chi connectivity index (χ3n) is 3.98. The van der Waals surface area contributed by atoms with Crippen LogP contribution in [0.3, 0.4) is 0 Å². The minimum Gasteiger partial charge on any atom is -0.497 e. The van der Waals surface area contributed by atoms with Crippen molar-refractivity contribution in [2.24, 2.45) is 5.92 Å². The second kappa shape index (κ2) is 6.98. The van der Waals surface area contributed by atoms with Gasteiger partial charge in [0, 0.05) is 24.8 Å². The zero-order valence-electron chi connectivity index (χ0n) is 13.3. The van der Waals surface area contributed by atoms with Crippen LogP contribution in [0.2, 0.25) is 0 Å². The number of benzene rings is 1. The van der Waals surface area contributed by atoms with E-state index in [-0.39, 0.29) is 0 Å². The van der Waals surface area contributed by atoms with Gasteiger partial charge in [-0.25, -0.2) is 0 Å². The van der Waals surface area contributed by atoms with Crippen molar-refractivity contribution in [3.05, 3.63) is 23.8 Å². The van der Waals surface area contributed by atoms with Gasteiger partial charge in [0.1, 0.15) is 5.75 Å². The average molecular weight is 276 g/mol. The molecule has 1 N–H and O–H groups in total. The lowest BCUT2D eigenvalue weighted by Crippen LogP contribution is -2.38. The molecule has 1 aromatic carbocycles. The molecular weight excluding hydrogens is 248 g/mol. The Bertz CT molecular complexity index is 431. The molecule has 20 heavy (non-hydrogen) atoms. The lowest BCUT2D eigenvalue weighted by molar-refractivity contribution is 0.414. The smallest absolute Gasteiger partial charge is 0.119 e. The lowest BCUT2D eigenvalue weighted by Gasteiger charge is -2.28. The van der Waals surface area contributed by atoms with E-state index in [9.17, 15) is 0 Å². The first-order valence-corrected chi connectivity index (χ1v) is 7.73. The minimum atomic E-state index is 0.596. The molecule has 0 amide bonds. The Kier molecular flexibility index (Phi) is 5.30. The molecule has 1 unspecified atom stereocenters. The molecule has 0 saturated carbocycles. The van der Waals surface area contributed by atoms with Crippen molar-refractivity contribution in [3.63, 3.8) is 0 Å². The summed E-state index contributed by atoms with van der Waals surface area (Å²) in [6.07, 6.45) is 2.45. The molecule has 1 aliphatic rings. The van der Waals surface area contributed by atoms with Crippen LogP contribution in [0.1, 0.15) is 32.3 Å². The normalized spacial score (nSPS) is 20.1. The molecule has 0 aliphatic carbocycles. The van der Waals surface area contributed by atoms with Crippen molar-refractivity contribution in [3.8, 4) is 5.75 Å². The van der Waals surface area contributed by atoms with Gasteiger partial charge in [0.05, 0.1) is 7.11 Å². The number of hydrogen-bond acceptors (Lipinski definition) is 3. The number of anilines is 1. The van der Waals surface area contributed by atoms with E-state index >= 15 is 0 Å². The summed E-state index contributed by atoms with van der Waals surface area (Å²) in [5.74, 6) is 1.68. The molecule has 2 rings (SSSR count). The average Bonchev–Trinajstić information content (AvgIpc) is 2.63. The van der Waals surface area contributed by atoms with Crippen LogP contribution in [0.5, 0.6) is 5.75 Å². The second-order valence-corrected chi connectivity index (χ2v) is 6.23. The summed E-state index contributed by atoms with van der Waals surface area (Å²) >= 11 is 0. The van der Waals surface area contributed by atoms with Crippen molar-refractivity contribution in [2.45, 2.75) is 39.7 Å². The van der Waals surface area contributed by atoms with Crippen LogP contribution in [0, 0.1) is 12.8 Å². The zero-order chi connectivity index (χ0) is 14.5. The maximum absolute atomic E-state index is 5.30. The van der Waals surface area contributed by atoms with Crippen LogP contribution in [-0.4, -0.2) is 32.8 Å². The van der Waals surface area contributed by atoms with Crippen molar-refractivity contribution in [2.75, 3.05) is 31.6 Å². The van der Waals surface area contributed by atoms with Crippen LogP contribution in [0.25, 0.3) is 0 Å². The largest absolute Gasteiger partial charge is 0.497 e. The van der Waals surface area contributed by atoms with E-state index in [1.54, 1.807) is 7.11 Å². The molecule has 112 valence electrons. The van der Waals surface area contributed by atoms with Gasteiger partial charge in [-0.15, -0.1) is 0 Å². The van der Waals surface area contributed by atoms with Gasteiger partial charge in [0.2, 0.25) is 0 Å². The monoisotopic (exact) mass is 276 g/mol. The first-order valence-electron chi connectivity index (χ1n) is 7.73. The highest BCUT2D eigenvalue weighted by molar-refractivity contribution is 5.56. The van der Waals surface area contributed by atoms with Gasteiger partial charge in [-0.05, 0) is 56.0 Å². The standard InChI is InChI=1S/C17H28N2O/c1-13(2)10-15-12-19(9-5-8-18-15)17-7-6-16(20-4)11-14(17)3/h6-7,11,13,15,18H,5,8-10,12H2,1-4H3. The fourth-order valence-electron chi connectivity index (χ4n) is 3.05. The van der Waals surface area contributed by atoms with Gasteiger partial charge in [-0.2, -0.15) is 0 Å². The predicted molar refractivity (Wildman–Crippen MR) is 85.8 cm³/mol. The van der Waals surface area contributed by atoms with Gasteiger partial charge in [0.25, 0.3) is 0 Å².